The van der Waals surface area contributed by atoms with E-state index in [0.29, 0.717) is 6.54 Å². The van der Waals surface area contributed by atoms with E-state index in [0.717, 1.165) is 34.1 Å². The molecule has 0 bridgehead atoms. The highest BCUT2D eigenvalue weighted by molar-refractivity contribution is 9.10. The topological polar surface area (TPSA) is 27.1 Å². The number of benzene rings is 1. The lowest BCUT2D eigenvalue weighted by Crippen LogP contribution is -2.06. The molecule has 3 nitrogen and oxygen atoms in total. The molecule has 102 valence electrons. The van der Waals surface area contributed by atoms with E-state index in [1.807, 2.05) is 13.8 Å². The molecule has 2 aromatic rings. The van der Waals surface area contributed by atoms with E-state index in [9.17, 15) is 8.78 Å². The highest BCUT2D eigenvalue weighted by atomic mass is 79.9. The number of hydrogen-bond donors (Lipinski definition) is 0. The Morgan fingerprint density at radius 3 is 2.47 bits per heavy atom. The Kier molecular flexibility index (Phi) is 4.19. The predicted molar refractivity (Wildman–Crippen MR) is 71.0 cm³/mol. The van der Waals surface area contributed by atoms with Gasteiger partial charge in [0.25, 0.3) is 0 Å². The van der Waals surface area contributed by atoms with Gasteiger partial charge in [0.05, 0.1) is 15.9 Å². The first kappa shape index (κ1) is 14.0. The molecule has 0 fully saturated rings. The quantitative estimate of drug-likeness (QED) is 0.851. The lowest BCUT2D eigenvalue weighted by atomic mass is 10.3. The van der Waals surface area contributed by atoms with Crippen molar-refractivity contribution in [3.63, 3.8) is 0 Å². The van der Waals surface area contributed by atoms with Gasteiger partial charge < -0.3 is 4.74 Å². The zero-order valence-corrected chi connectivity index (χ0v) is 12.2. The minimum Gasteiger partial charge on any atom is -0.487 e. The maximum atomic E-state index is 13.0. The zero-order valence-electron chi connectivity index (χ0n) is 10.6. The van der Waals surface area contributed by atoms with Crippen LogP contribution in [0.1, 0.15) is 18.3 Å². The van der Waals surface area contributed by atoms with E-state index < -0.39 is 11.6 Å². The first-order valence-corrected chi connectivity index (χ1v) is 6.61. The van der Waals surface area contributed by atoms with Crippen molar-refractivity contribution >= 4 is 15.9 Å². The lowest BCUT2D eigenvalue weighted by molar-refractivity contribution is 0.288. The van der Waals surface area contributed by atoms with Crippen LogP contribution in [0.3, 0.4) is 0 Å². The van der Waals surface area contributed by atoms with Crippen molar-refractivity contribution < 1.29 is 13.5 Å². The minimum absolute atomic E-state index is 0.158. The molecule has 0 saturated heterocycles. The van der Waals surface area contributed by atoms with E-state index in [-0.39, 0.29) is 12.4 Å². The molecule has 0 spiro atoms. The van der Waals surface area contributed by atoms with Gasteiger partial charge in [-0.05, 0) is 29.8 Å². The third-order valence-electron chi connectivity index (χ3n) is 2.66. The second-order valence-electron chi connectivity index (χ2n) is 4.06. The first-order chi connectivity index (χ1) is 9.01. The standard InChI is InChI=1S/C13H13BrF2N2O/c1-3-18-12(13(14)8(2)17-18)7-19-11-5-9(15)4-10(16)6-11/h4-6H,3,7H2,1-2H3. The van der Waals surface area contributed by atoms with Gasteiger partial charge in [-0.3, -0.25) is 4.68 Å². The average Bonchev–Trinajstić information content (AvgIpc) is 2.62. The third-order valence-corrected chi connectivity index (χ3v) is 3.70. The van der Waals surface area contributed by atoms with E-state index in [4.69, 9.17) is 4.74 Å². The van der Waals surface area contributed by atoms with Gasteiger partial charge in [0, 0.05) is 24.7 Å². The van der Waals surface area contributed by atoms with Gasteiger partial charge in [0.2, 0.25) is 0 Å². The maximum Gasteiger partial charge on any atom is 0.131 e. The molecular weight excluding hydrogens is 318 g/mol. The molecule has 0 unspecified atom stereocenters. The number of rotatable bonds is 4. The monoisotopic (exact) mass is 330 g/mol. The molecule has 0 saturated carbocycles. The summed E-state index contributed by atoms with van der Waals surface area (Å²) in [5.74, 6) is -1.16. The Hall–Kier alpha value is -1.43. The number of aryl methyl sites for hydroxylation is 2. The van der Waals surface area contributed by atoms with Gasteiger partial charge in [-0.15, -0.1) is 0 Å². The zero-order chi connectivity index (χ0) is 14.0. The number of aromatic nitrogens is 2. The number of ether oxygens (including phenoxy) is 1. The summed E-state index contributed by atoms with van der Waals surface area (Å²) in [5.41, 5.74) is 1.69. The molecule has 0 amide bonds. The van der Waals surface area contributed by atoms with Crippen LogP contribution < -0.4 is 4.74 Å². The van der Waals surface area contributed by atoms with Crippen LogP contribution in [0.4, 0.5) is 8.78 Å². The second kappa shape index (κ2) is 5.69. The van der Waals surface area contributed by atoms with Crippen LogP contribution in [0.2, 0.25) is 0 Å². The van der Waals surface area contributed by atoms with Gasteiger partial charge in [-0.2, -0.15) is 5.10 Å². The van der Waals surface area contributed by atoms with Gasteiger partial charge >= 0.3 is 0 Å². The molecule has 19 heavy (non-hydrogen) atoms. The molecule has 1 heterocycles. The van der Waals surface area contributed by atoms with Crippen LogP contribution in [0, 0.1) is 18.6 Å². The van der Waals surface area contributed by atoms with Crippen LogP contribution in [-0.2, 0) is 13.2 Å². The Balaban J connectivity index is 2.18. The average molecular weight is 331 g/mol. The Labute approximate surface area is 118 Å². The van der Waals surface area contributed by atoms with Gasteiger partial charge in [-0.1, -0.05) is 0 Å². The minimum atomic E-state index is -0.658. The van der Waals surface area contributed by atoms with E-state index in [2.05, 4.69) is 21.0 Å². The summed E-state index contributed by atoms with van der Waals surface area (Å²) >= 11 is 3.43. The molecule has 0 aliphatic rings. The maximum absolute atomic E-state index is 13.0. The molecule has 0 N–H and O–H groups in total. The summed E-state index contributed by atoms with van der Waals surface area (Å²) in [6, 6.07) is 3.11. The molecule has 1 aromatic heterocycles. The van der Waals surface area contributed by atoms with Crippen LogP contribution in [-0.4, -0.2) is 9.78 Å². The SMILES string of the molecule is CCn1nc(C)c(Br)c1COc1cc(F)cc(F)c1. The number of halogens is 3. The van der Waals surface area contributed by atoms with Crippen molar-refractivity contribution in [2.45, 2.75) is 27.0 Å². The summed E-state index contributed by atoms with van der Waals surface area (Å²) in [6.07, 6.45) is 0. The molecule has 0 aliphatic heterocycles. The molecule has 6 heteroatoms. The summed E-state index contributed by atoms with van der Waals surface area (Å²) in [5, 5.41) is 4.32. The fourth-order valence-electron chi connectivity index (χ4n) is 1.77. The molecule has 2 rings (SSSR count). The Bertz CT molecular complexity index is 578. The van der Waals surface area contributed by atoms with Crippen LogP contribution in [0.15, 0.2) is 22.7 Å². The second-order valence-corrected chi connectivity index (χ2v) is 4.85. The number of hydrogen-bond acceptors (Lipinski definition) is 2. The number of nitrogens with zero attached hydrogens (tertiary/aromatic N) is 2. The van der Waals surface area contributed by atoms with Gasteiger partial charge in [0.15, 0.2) is 0 Å². The van der Waals surface area contributed by atoms with Crippen LogP contribution >= 0.6 is 15.9 Å². The van der Waals surface area contributed by atoms with Crippen molar-refractivity contribution in [1.82, 2.24) is 9.78 Å². The predicted octanol–water partition coefficient (Wildman–Crippen LogP) is 3.83. The van der Waals surface area contributed by atoms with Crippen molar-refractivity contribution in [3.05, 3.63) is 45.7 Å². The van der Waals surface area contributed by atoms with Crippen LogP contribution in [0.5, 0.6) is 5.75 Å². The largest absolute Gasteiger partial charge is 0.487 e. The fraction of sp³-hybridized carbons (Fsp3) is 0.308. The smallest absolute Gasteiger partial charge is 0.131 e. The lowest BCUT2D eigenvalue weighted by Gasteiger charge is -2.08. The van der Waals surface area contributed by atoms with Crippen molar-refractivity contribution in [2.75, 3.05) is 0 Å². The van der Waals surface area contributed by atoms with Crippen molar-refractivity contribution in [1.29, 1.82) is 0 Å². The van der Waals surface area contributed by atoms with E-state index in [1.165, 1.54) is 0 Å². The Morgan fingerprint density at radius 2 is 1.89 bits per heavy atom. The van der Waals surface area contributed by atoms with Crippen molar-refractivity contribution in [2.24, 2.45) is 0 Å². The fourth-order valence-corrected chi connectivity index (χ4v) is 2.17. The van der Waals surface area contributed by atoms with E-state index in [1.54, 1.807) is 4.68 Å². The molecule has 0 atom stereocenters. The molecule has 0 radical (unpaired) electrons. The molecule has 1 aromatic carbocycles. The highest BCUT2D eigenvalue weighted by Gasteiger charge is 2.13. The Morgan fingerprint density at radius 1 is 1.26 bits per heavy atom. The van der Waals surface area contributed by atoms with Gasteiger partial charge in [0.1, 0.15) is 24.0 Å². The summed E-state index contributed by atoms with van der Waals surface area (Å²) in [7, 11) is 0. The van der Waals surface area contributed by atoms with Crippen molar-refractivity contribution in [3.8, 4) is 5.75 Å². The molecular formula is C13H13BrF2N2O. The molecule has 0 aliphatic carbocycles. The van der Waals surface area contributed by atoms with Gasteiger partial charge in [-0.25, -0.2) is 8.78 Å². The normalized spacial score (nSPS) is 10.8. The van der Waals surface area contributed by atoms with Crippen LogP contribution in [0.25, 0.3) is 0 Å². The summed E-state index contributed by atoms with van der Waals surface area (Å²) in [6.45, 7) is 4.73. The summed E-state index contributed by atoms with van der Waals surface area (Å²) < 4.78 is 34.1. The van der Waals surface area contributed by atoms with E-state index >= 15 is 0 Å². The summed E-state index contributed by atoms with van der Waals surface area (Å²) in [4.78, 5) is 0. The highest BCUT2D eigenvalue weighted by Crippen LogP contribution is 2.23. The first-order valence-electron chi connectivity index (χ1n) is 5.82. The third kappa shape index (κ3) is 3.12.